The molecule has 2 rings (SSSR count). The zero-order valence-electron chi connectivity index (χ0n) is 14.6. The third-order valence-corrected chi connectivity index (χ3v) is 3.39. The van der Waals surface area contributed by atoms with Crippen molar-refractivity contribution in [1.29, 1.82) is 0 Å². The number of aliphatic imine (C=N–C) groups is 1. The molecule has 0 saturated heterocycles. The zero-order valence-corrected chi connectivity index (χ0v) is 16.9. The van der Waals surface area contributed by atoms with E-state index in [-0.39, 0.29) is 36.4 Å². The highest BCUT2D eigenvalue weighted by Gasteiger charge is 2.08. The van der Waals surface area contributed by atoms with Crippen molar-refractivity contribution in [3.8, 4) is 0 Å². The number of nitrogens with zero attached hydrogens (tertiary/aromatic N) is 2. The van der Waals surface area contributed by atoms with Crippen LogP contribution in [0.4, 0.5) is 5.69 Å². The molecular weight excluding hydrogens is 427 g/mol. The molecule has 0 fully saturated rings. The van der Waals surface area contributed by atoms with E-state index in [9.17, 15) is 4.79 Å². The summed E-state index contributed by atoms with van der Waals surface area (Å²) in [6.45, 7) is 3.57. The van der Waals surface area contributed by atoms with Gasteiger partial charge in [-0.05, 0) is 24.6 Å². The lowest BCUT2D eigenvalue weighted by Gasteiger charge is -2.22. The Morgan fingerprint density at radius 3 is 2.24 bits per heavy atom. The average Bonchev–Trinajstić information content (AvgIpc) is 2.60. The van der Waals surface area contributed by atoms with Gasteiger partial charge >= 0.3 is 0 Å². The molecule has 2 aromatic carbocycles. The van der Waals surface area contributed by atoms with E-state index in [1.54, 1.807) is 0 Å². The number of rotatable bonds is 6. The van der Waals surface area contributed by atoms with E-state index in [0.29, 0.717) is 5.96 Å². The van der Waals surface area contributed by atoms with Gasteiger partial charge in [-0.3, -0.25) is 4.79 Å². The largest absolute Gasteiger partial charge is 0.357 e. The molecule has 5 nitrogen and oxygen atoms in total. The van der Waals surface area contributed by atoms with E-state index in [1.165, 1.54) is 5.56 Å². The van der Waals surface area contributed by atoms with E-state index in [1.807, 2.05) is 67.4 Å². The maximum absolute atomic E-state index is 12.0. The van der Waals surface area contributed by atoms with Crippen molar-refractivity contribution in [2.24, 2.45) is 4.99 Å². The highest BCUT2D eigenvalue weighted by Crippen LogP contribution is 2.05. The molecule has 0 saturated carbocycles. The first-order valence-electron chi connectivity index (χ1n) is 8.07. The van der Waals surface area contributed by atoms with Crippen molar-refractivity contribution >= 4 is 41.5 Å². The molecule has 0 aliphatic heterocycles. The second-order valence-electron chi connectivity index (χ2n) is 5.43. The van der Waals surface area contributed by atoms with Crippen LogP contribution in [-0.2, 0) is 11.3 Å². The van der Waals surface area contributed by atoms with Gasteiger partial charge in [0.2, 0.25) is 5.91 Å². The Labute approximate surface area is 166 Å². The lowest BCUT2D eigenvalue weighted by Crippen LogP contribution is -2.39. The summed E-state index contributed by atoms with van der Waals surface area (Å²) in [6.07, 6.45) is 0. The van der Waals surface area contributed by atoms with Gasteiger partial charge in [-0.1, -0.05) is 48.5 Å². The normalized spacial score (nSPS) is 10.6. The molecule has 2 aromatic rings. The number of hydrogen-bond acceptors (Lipinski definition) is 2. The van der Waals surface area contributed by atoms with E-state index >= 15 is 0 Å². The number of para-hydroxylation sites is 1. The van der Waals surface area contributed by atoms with E-state index in [2.05, 4.69) is 27.8 Å². The van der Waals surface area contributed by atoms with Crippen molar-refractivity contribution in [2.75, 3.05) is 25.5 Å². The number of amides is 1. The summed E-state index contributed by atoms with van der Waals surface area (Å²) in [5.74, 6) is 0.578. The molecule has 0 heterocycles. The van der Waals surface area contributed by atoms with Crippen molar-refractivity contribution < 1.29 is 4.79 Å². The first-order chi connectivity index (χ1) is 11.7. The number of guanidine groups is 1. The Morgan fingerprint density at radius 1 is 1.04 bits per heavy atom. The van der Waals surface area contributed by atoms with Crippen LogP contribution in [0.2, 0.25) is 0 Å². The summed E-state index contributed by atoms with van der Waals surface area (Å²) in [5.41, 5.74) is 1.97. The van der Waals surface area contributed by atoms with Gasteiger partial charge < -0.3 is 15.5 Å². The monoisotopic (exact) mass is 452 g/mol. The Hall–Kier alpha value is -2.09. The highest BCUT2D eigenvalue weighted by atomic mass is 127. The summed E-state index contributed by atoms with van der Waals surface area (Å²) in [6, 6.07) is 19.6. The average molecular weight is 452 g/mol. The van der Waals surface area contributed by atoms with Crippen LogP contribution in [0.15, 0.2) is 65.7 Å². The summed E-state index contributed by atoms with van der Waals surface area (Å²) in [7, 11) is 1.96. The molecule has 1 amide bonds. The number of carbonyl (C=O) groups is 1. The first-order valence-corrected chi connectivity index (χ1v) is 8.07. The predicted molar refractivity (Wildman–Crippen MR) is 114 cm³/mol. The van der Waals surface area contributed by atoms with Crippen LogP contribution in [0.25, 0.3) is 0 Å². The van der Waals surface area contributed by atoms with Gasteiger partial charge in [-0.25, -0.2) is 4.99 Å². The van der Waals surface area contributed by atoms with Crippen LogP contribution in [-0.4, -0.2) is 36.9 Å². The van der Waals surface area contributed by atoms with Crippen LogP contribution in [0.3, 0.4) is 0 Å². The molecule has 0 bridgehead atoms. The Morgan fingerprint density at radius 2 is 1.64 bits per heavy atom. The van der Waals surface area contributed by atoms with Crippen molar-refractivity contribution in [2.45, 2.75) is 13.5 Å². The maximum Gasteiger partial charge on any atom is 0.246 e. The molecule has 2 N–H and O–H groups in total. The standard InChI is InChI=1S/C19H24N4O.HI/c1-3-20-19(23(2)15-16-10-6-4-7-11-16)21-14-18(24)22-17-12-8-5-9-13-17;/h4-13H,3,14-15H2,1-2H3,(H,20,21)(H,22,24);1H. The quantitative estimate of drug-likeness (QED) is 0.402. The second-order valence-corrected chi connectivity index (χ2v) is 5.43. The number of halogens is 1. The molecule has 0 aliphatic rings. The van der Waals surface area contributed by atoms with Crippen LogP contribution in [0.5, 0.6) is 0 Å². The highest BCUT2D eigenvalue weighted by molar-refractivity contribution is 14.0. The molecular formula is C19H25IN4O. The molecule has 0 aromatic heterocycles. The smallest absolute Gasteiger partial charge is 0.246 e. The summed E-state index contributed by atoms with van der Waals surface area (Å²) in [4.78, 5) is 18.5. The number of anilines is 1. The van der Waals surface area contributed by atoms with Crippen LogP contribution in [0.1, 0.15) is 12.5 Å². The lowest BCUT2D eigenvalue weighted by molar-refractivity contribution is -0.114. The minimum atomic E-state index is -0.135. The van der Waals surface area contributed by atoms with Gasteiger partial charge in [0.25, 0.3) is 0 Å². The van der Waals surface area contributed by atoms with Crippen LogP contribution >= 0.6 is 24.0 Å². The van der Waals surface area contributed by atoms with Gasteiger partial charge in [0.1, 0.15) is 6.54 Å². The second kappa shape index (κ2) is 11.5. The first kappa shape index (κ1) is 21.0. The van der Waals surface area contributed by atoms with Crippen molar-refractivity contribution in [1.82, 2.24) is 10.2 Å². The fourth-order valence-corrected chi connectivity index (χ4v) is 2.27. The third kappa shape index (κ3) is 7.55. The summed E-state index contributed by atoms with van der Waals surface area (Å²) < 4.78 is 0. The molecule has 0 aliphatic carbocycles. The number of carbonyl (C=O) groups excluding carboxylic acids is 1. The minimum absolute atomic E-state index is 0. The topological polar surface area (TPSA) is 56.7 Å². The Kier molecular flexibility index (Phi) is 9.61. The molecule has 0 radical (unpaired) electrons. The fraction of sp³-hybridized carbons (Fsp3) is 0.263. The van der Waals surface area contributed by atoms with Gasteiger partial charge in [0.05, 0.1) is 0 Å². The number of nitrogens with one attached hydrogen (secondary N) is 2. The number of hydrogen-bond donors (Lipinski definition) is 2. The third-order valence-electron chi connectivity index (χ3n) is 3.39. The summed E-state index contributed by atoms with van der Waals surface area (Å²) >= 11 is 0. The SMILES string of the molecule is CCNC(=NCC(=O)Nc1ccccc1)N(C)Cc1ccccc1.I. The van der Waals surface area contributed by atoms with Gasteiger partial charge in [0, 0.05) is 25.8 Å². The van der Waals surface area contributed by atoms with Gasteiger partial charge in [0.15, 0.2) is 5.96 Å². The summed E-state index contributed by atoms with van der Waals surface area (Å²) in [5, 5.41) is 6.05. The maximum atomic E-state index is 12.0. The van der Waals surface area contributed by atoms with E-state index in [0.717, 1.165) is 18.8 Å². The Bertz CT molecular complexity index is 662. The molecule has 6 heteroatoms. The predicted octanol–water partition coefficient (Wildman–Crippen LogP) is 3.34. The number of benzene rings is 2. The van der Waals surface area contributed by atoms with Crippen molar-refractivity contribution in [3.63, 3.8) is 0 Å². The van der Waals surface area contributed by atoms with Crippen LogP contribution in [0, 0.1) is 0 Å². The van der Waals surface area contributed by atoms with Gasteiger partial charge in [-0.2, -0.15) is 0 Å². The van der Waals surface area contributed by atoms with Crippen molar-refractivity contribution in [3.05, 3.63) is 66.2 Å². The zero-order chi connectivity index (χ0) is 17.2. The van der Waals surface area contributed by atoms with Gasteiger partial charge in [-0.15, -0.1) is 24.0 Å². The molecule has 0 atom stereocenters. The van der Waals surface area contributed by atoms with E-state index < -0.39 is 0 Å². The minimum Gasteiger partial charge on any atom is -0.357 e. The molecule has 134 valence electrons. The molecule has 0 unspecified atom stereocenters. The van der Waals surface area contributed by atoms with Crippen LogP contribution < -0.4 is 10.6 Å². The molecule has 25 heavy (non-hydrogen) atoms. The fourth-order valence-electron chi connectivity index (χ4n) is 2.27. The molecule has 0 spiro atoms. The van der Waals surface area contributed by atoms with E-state index in [4.69, 9.17) is 0 Å². The lowest BCUT2D eigenvalue weighted by atomic mass is 10.2. The Balaban J connectivity index is 0.00000312.